The normalized spacial score (nSPS) is 10.5. The summed E-state index contributed by atoms with van der Waals surface area (Å²) in [6.45, 7) is 1.54. The molecular weight excluding hydrogens is 260 g/mol. The summed E-state index contributed by atoms with van der Waals surface area (Å²) < 4.78 is 7.74. The lowest BCUT2D eigenvalue weighted by atomic mass is 10.1. The summed E-state index contributed by atoms with van der Waals surface area (Å²) in [6, 6.07) is 22.3. The first kappa shape index (κ1) is 13.4. The Bertz CT molecular complexity index is 662. The second-order valence-electron chi connectivity index (χ2n) is 4.82. The molecule has 0 saturated heterocycles. The predicted octanol–water partition coefficient (Wildman–Crippen LogP) is 4.02. The second-order valence-corrected chi connectivity index (χ2v) is 4.82. The Labute approximate surface area is 124 Å². The number of ether oxygens (including phenoxy) is 1. The smallest absolute Gasteiger partial charge is 0.119 e. The van der Waals surface area contributed by atoms with E-state index in [4.69, 9.17) is 4.74 Å². The fourth-order valence-electron chi connectivity index (χ4n) is 2.29. The summed E-state index contributed by atoms with van der Waals surface area (Å²) in [4.78, 5) is 0. The van der Waals surface area contributed by atoms with Crippen molar-refractivity contribution in [2.24, 2.45) is 0 Å². The van der Waals surface area contributed by atoms with Gasteiger partial charge in [0.2, 0.25) is 0 Å². The van der Waals surface area contributed by atoms with Crippen molar-refractivity contribution in [3.05, 3.63) is 72.9 Å². The maximum atomic E-state index is 5.71. The third-order valence-electron chi connectivity index (χ3n) is 3.31. The van der Waals surface area contributed by atoms with Crippen LogP contribution in [0.2, 0.25) is 0 Å². The van der Waals surface area contributed by atoms with Gasteiger partial charge in [0.1, 0.15) is 5.75 Å². The molecule has 0 atom stereocenters. The molecule has 0 unspecified atom stereocenters. The van der Waals surface area contributed by atoms with Crippen LogP contribution in [0.3, 0.4) is 0 Å². The fraction of sp³-hybridized carbons (Fsp3) is 0.167. The van der Waals surface area contributed by atoms with Gasteiger partial charge in [-0.3, -0.25) is 4.68 Å². The molecule has 3 aromatic rings. The van der Waals surface area contributed by atoms with Gasteiger partial charge in [0.15, 0.2) is 0 Å². The zero-order valence-electron chi connectivity index (χ0n) is 11.9. The Morgan fingerprint density at radius 2 is 1.57 bits per heavy atom. The van der Waals surface area contributed by atoms with Crippen molar-refractivity contribution in [3.63, 3.8) is 0 Å². The number of aryl methyl sites for hydroxylation is 1. The molecule has 0 aliphatic heterocycles. The van der Waals surface area contributed by atoms with Crippen LogP contribution in [0.1, 0.15) is 6.42 Å². The monoisotopic (exact) mass is 278 g/mol. The van der Waals surface area contributed by atoms with Crippen LogP contribution in [0, 0.1) is 0 Å². The summed E-state index contributed by atoms with van der Waals surface area (Å²) in [7, 11) is 0. The van der Waals surface area contributed by atoms with E-state index >= 15 is 0 Å². The van der Waals surface area contributed by atoms with E-state index in [0.717, 1.165) is 24.4 Å². The van der Waals surface area contributed by atoms with Gasteiger partial charge < -0.3 is 4.74 Å². The van der Waals surface area contributed by atoms with E-state index in [0.29, 0.717) is 6.61 Å². The van der Waals surface area contributed by atoms with Crippen molar-refractivity contribution >= 4 is 0 Å². The van der Waals surface area contributed by atoms with Gasteiger partial charge in [0.05, 0.1) is 12.3 Å². The van der Waals surface area contributed by atoms with Gasteiger partial charge in [-0.15, -0.1) is 0 Å². The van der Waals surface area contributed by atoms with Crippen molar-refractivity contribution in [2.75, 3.05) is 6.61 Å². The van der Waals surface area contributed by atoms with Crippen LogP contribution in [0.25, 0.3) is 11.3 Å². The van der Waals surface area contributed by atoms with Crippen LogP contribution >= 0.6 is 0 Å². The van der Waals surface area contributed by atoms with Crippen molar-refractivity contribution in [3.8, 4) is 17.0 Å². The molecule has 0 saturated carbocycles. The number of benzene rings is 2. The molecule has 0 spiro atoms. The fourth-order valence-corrected chi connectivity index (χ4v) is 2.29. The standard InChI is InChI=1S/C18H18N2O/c1-3-8-16(9-4-1)18-12-13-19-20(18)14-7-15-21-17-10-5-2-6-11-17/h1-6,8-13H,7,14-15H2. The van der Waals surface area contributed by atoms with Gasteiger partial charge in [-0.2, -0.15) is 5.10 Å². The molecule has 1 heterocycles. The van der Waals surface area contributed by atoms with E-state index in [2.05, 4.69) is 17.2 Å². The number of aromatic nitrogens is 2. The Balaban J connectivity index is 1.56. The minimum atomic E-state index is 0.693. The SMILES string of the molecule is c1ccc(OCCCn2nccc2-c2ccccc2)cc1. The molecule has 0 bridgehead atoms. The number of hydrogen-bond donors (Lipinski definition) is 0. The molecule has 21 heavy (non-hydrogen) atoms. The minimum Gasteiger partial charge on any atom is -0.494 e. The summed E-state index contributed by atoms with van der Waals surface area (Å²) in [5, 5.41) is 4.40. The largest absolute Gasteiger partial charge is 0.494 e. The van der Waals surface area contributed by atoms with Gasteiger partial charge in [0.25, 0.3) is 0 Å². The predicted molar refractivity (Wildman–Crippen MR) is 84.2 cm³/mol. The second kappa shape index (κ2) is 6.75. The number of rotatable bonds is 6. The Kier molecular flexibility index (Phi) is 4.32. The van der Waals surface area contributed by atoms with E-state index in [-0.39, 0.29) is 0 Å². The first-order valence-corrected chi connectivity index (χ1v) is 7.18. The molecule has 0 fully saturated rings. The molecule has 0 aliphatic rings. The van der Waals surface area contributed by atoms with Crippen molar-refractivity contribution in [1.82, 2.24) is 9.78 Å². The molecule has 1 aromatic heterocycles. The molecule has 3 heteroatoms. The first-order chi connectivity index (χ1) is 10.4. The Hall–Kier alpha value is -2.55. The van der Waals surface area contributed by atoms with Crippen molar-refractivity contribution < 1.29 is 4.74 Å². The third-order valence-corrected chi connectivity index (χ3v) is 3.31. The average Bonchev–Trinajstić information content (AvgIpc) is 3.02. The van der Waals surface area contributed by atoms with Crippen molar-refractivity contribution in [1.29, 1.82) is 0 Å². The van der Waals surface area contributed by atoms with Gasteiger partial charge in [-0.1, -0.05) is 48.5 Å². The van der Waals surface area contributed by atoms with E-state index in [1.165, 1.54) is 5.56 Å². The van der Waals surface area contributed by atoms with Crippen molar-refractivity contribution in [2.45, 2.75) is 13.0 Å². The molecule has 0 radical (unpaired) electrons. The summed E-state index contributed by atoms with van der Waals surface area (Å²) in [6.07, 6.45) is 2.77. The molecule has 3 rings (SSSR count). The van der Waals surface area contributed by atoms with E-state index in [1.54, 1.807) is 0 Å². The highest BCUT2D eigenvalue weighted by Gasteiger charge is 2.04. The van der Waals surface area contributed by atoms with E-state index in [1.807, 2.05) is 65.5 Å². The van der Waals surface area contributed by atoms with Crippen LogP contribution in [-0.4, -0.2) is 16.4 Å². The topological polar surface area (TPSA) is 27.1 Å². The van der Waals surface area contributed by atoms with E-state index < -0.39 is 0 Å². The maximum absolute atomic E-state index is 5.71. The van der Waals surface area contributed by atoms with Crippen LogP contribution in [0.15, 0.2) is 72.9 Å². The first-order valence-electron chi connectivity index (χ1n) is 7.18. The quantitative estimate of drug-likeness (QED) is 0.637. The maximum Gasteiger partial charge on any atom is 0.119 e. The lowest BCUT2D eigenvalue weighted by Gasteiger charge is -2.09. The third kappa shape index (κ3) is 3.51. The highest BCUT2D eigenvalue weighted by atomic mass is 16.5. The Morgan fingerprint density at radius 3 is 2.33 bits per heavy atom. The minimum absolute atomic E-state index is 0.693. The summed E-state index contributed by atoms with van der Waals surface area (Å²) >= 11 is 0. The lowest BCUT2D eigenvalue weighted by molar-refractivity contribution is 0.299. The summed E-state index contributed by atoms with van der Waals surface area (Å²) in [5.74, 6) is 0.918. The number of hydrogen-bond acceptors (Lipinski definition) is 2. The molecule has 3 nitrogen and oxygen atoms in total. The highest BCUT2D eigenvalue weighted by molar-refractivity contribution is 5.58. The van der Waals surface area contributed by atoms with Crippen LogP contribution < -0.4 is 4.74 Å². The van der Waals surface area contributed by atoms with Crippen LogP contribution in [0.5, 0.6) is 5.75 Å². The molecule has 0 amide bonds. The number of nitrogens with zero attached hydrogens (tertiary/aromatic N) is 2. The molecule has 106 valence electrons. The summed E-state index contributed by atoms with van der Waals surface area (Å²) in [5.41, 5.74) is 2.34. The zero-order valence-corrected chi connectivity index (χ0v) is 11.9. The van der Waals surface area contributed by atoms with E-state index in [9.17, 15) is 0 Å². The van der Waals surface area contributed by atoms with Gasteiger partial charge >= 0.3 is 0 Å². The number of para-hydroxylation sites is 1. The Morgan fingerprint density at radius 1 is 0.857 bits per heavy atom. The van der Waals surface area contributed by atoms with Gasteiger partial charge in [0, 0.05) is 19.2 Å². The molecular formula is C18H18N2O. The zero-order chi connectivity index (χ0) is 14.3. The van der Waals surface area contributed by atoms with Crippen LogP contribution in [0.4, 0.5) is 0 Å². The van der Waals surface area contributed by atoms with Gasteiger partial charge in [-0.25, -0.2) is 0 Å². The highest BCUT2D eigenvalue weighted by Crippen LogP contribution is 2.18. The van der Waals surface area contributed by atoms with Crippen LogP contribution in [-0.2, 0) is 6.54 Å². The molecule has 0 aliphatic carbocycles. The molecule has 0 N–H and O–H groups in total. The van der Waals surface area contributed by atoms with Gasteiger partial charge in [-0.05, 0) is 23.8 Å². The molecule has 2 aromatic carbocycles. The lowest BCUT2D eigenvalue weighted by Crippen LogP contribution is -2.07. The average molecular weight is 278 g/mol.